The summed E-state index contributed by atoms with van der Waals surface area (Å²) in [6, 6.07) is 0. The van der Waals surface area contributed by atoms with Crippen molar-refractivity contribution in [2.45, 2.75) is 39.3 Å². The van der Waals surface area contributed by atoms with Crippen LogP contribution >= 0.6 is 11.3 Å². The SMILES string of the molecule is CC(C)CC1(CNc2nnc(C(F)(F)F)s2)CC1. The van der Waals surface area contributed by atoms with Crippen molar-refractivity contribution >= 4 is 16.5 Å². The van der Waals surface area contributed by atoms with E-state index in [4.69, 9.17) is 0 Å². The Kier molecular flexibility index (Phi) is 3.53. The summed E-state index contributed by atoms with van der Waals surface area (Å²) in [5.41, 5.74) is 0.262. The summed E-state index contributed by atoms with van der Waals surface area (Å²) in [6.07, 6.45) is -1.01. The first-order valence-electron chi connectivity index (χ1n) is 5.95. The normalized spacial score (nSPS) is 18.1. The van der Waals surface area contributed by atoms with E-state index < -0.39 is 11.2 Å². The van der Waals surface area contributed by atoms with E-state index in [2.05, 4.69) is 29.4 Å². The first kappa shape index (κ1) is 13.6. The van der Waals surface area contributed by atoms with Crippen LogP contribution in [0.15, 0.2) is 0 Å². The first-order valence-corrected chi connectivity index (χ1v) is 6.77. The maximum absolute atomic E-state index is 12.3. The molecule has 18 heavy (non-hydrogen) atoms. The summed E-state index contributed by atoms with van der Waals surface area (Å²) in [4.78, 5) is 0. The predicted octanol–water partition coefficient (Wildman–Crippen LogP) is 3.80. The third-order valence-electron chi connectivity index (χ3n) is 3.08. The van der Waals surface area contributed by atoms with Gasteiger partial charge in [-0.15, -0.1) is 10.2 Å². The van der Waals surface area contributed by atoms with Crippen LogP contribution in [0.3, 0.4) is 0 Å². The van der Waals surface area contributed by atoms with Crippen molar-refractivity contribution in [3.05, 3.63) is 5.01 Å². The highest BCUT2D eigenvalue weighted by molar-refractivity contribution is 7.15. The number of alkyl halides is 3. The van der Waals surface area contributed by atoms with E-state index in [0.717, 1.165) is 19.3 Å². The van der Waals surface area contributed by atoms with Crippen LogP contribution in [-0.4, -0.2) is 16.7 Å². The molecule has 7 heteroatoms. The third-order valence-corrected chi connectivity index (χ3v) is 4.01. The summed E-state index contributed by atoms with van der Waals surface area (Å²) in [5.74, 6) is 0.606. The lowest BCUT2D eigenvalue weighted by Crippen LogP contribution is -2.17. The van der Waals surface area contributed by atoms with Gasteiger partial charge in [0, 0.05) is 6.54 Å². The third kappa shape index (κ3) is 3.34. The van der Waals surface area contributed by atoms with Crippen LogP contribution in [0.1, 0.15) is 38.1 Å². The van der Waals surface area contributed by atoms with Crippen molar-refractivity contribution in [1.29, 1.82) is 0 Å². The lowest BCUT2D eigenvalue weighted by atomic mass is 9.94. The molecule has 0 spiro atoms. The van der Waals surface area contributed by atoms with Gasteiger partial charge in [0.05, 0.1) is 0 Å². The molecule has 0 amide bonds. The Morgan fingerprint density at radius 1 is 1.33 bits per heavy atom. The van der Waals surface area contributed by atoms with E-state index in [9.17, 15) is 13.2 Å². The van der Waals surface area contributed by atoms with Crippen molar-refractivity contribution in [3.63, 3.8) is 0 Å². The van der Waals surface area contributed by atoms with Crippen molar-refractivity contribution in [1.82, 2.24) is 10.2 Å². The van der Waals surface area contributed by atoms with Gasteiger partial charge in [0.15, 0.2) is 0 Å². The lowest BCUT2D eigenvalue weighted by Gasteiger charge is -2.17. The molecular weight excluding hydrogens is 263 g/mol. The smallest absolute Gasteiger partial charge is 0.360 e. The average Bonchev–Trinajstić information content (AvgIpc) is 2.80. The zero-order chi connectivity index (χ0) is 13.4. The van der Waals surface area contributed by atoms with Crippen molar-refractivity contribution in [3.8, 4) is 0 Å². The molecule has 0 saturated heterocycles. The summed E-state index contributed by atoms with van der Waals surface area (Å²) >= 11 is 0.569. The Bertz CT molecular complexity index is 410. The Morgan fingerprint density at radius 2 is 2.00 bits per heavy atom. The second-order valence-electron chi connectivity index (χ2n) is 5.36. The molecule has 3 nitrogen and oxygen atoms in total. The molecule has 0 unspecified atom stereocenters. The van der Waals surface area contributed by atoms with Crippen LogP contribution in [0.2, 0.25) is 0 Å². The molecule has 2 rings (SSSR count). The summed E-state index contributed by atoms with van der Waals surface area (Å²) in [5, 5.41) is 9.04. The fourth-order valence-electron chi connectivity index (χ4n) is 2.17. The second kappa shape index (κ2) is 4.68. The summed E-state index contributed by atoms with van der Waals surface area (Å²) < 4.78 is 37.0. The van der Waals surface area contributed by atoms with E-state index in [-0.39, 0.29) is 10.5 Å². The van der Waals surface area contributed by atoms with Gasteiger partial charge >= 0.3 is 6.18 Å². The van der Waals surface area contributed by atoms with Gasteiger partial charge in [-0.2, -0.15) is 13.2 Å². The average molecular weight is 279 g/mol. The molecule has 0 aromatic carbocycles. The van der Waals surface area contributed by atoms with E-state index in [1.165, 1.54) is 0 Å². The first-order chi connectivity index (χ1) is 8.31. The minimum atomic E-state index is -4.40. The maximum Gasteiger partial charge on any atom is 0.445 e. The van der Waals surface area contributed by atoms with E-state index in [0.29, 0.717) is 23.8 Å². The number of nitrogens with one attached hydrogen (secondary N) is 1. The zero-order valence-electron chi connectivity index (χ0n) is 10.3. The number of anilines is 1. The number of hydrogen-bond donors (Lipinski definition) is 1. The number of halogens is 3. The van der Waals surface area contributed by atoms with Crippen LogP contribution in [-0.2, 0) is 6.18 Å². The van der Waals surface area contributed by atoms with Gasteiger partial charge in [-0.3, -0.25) is 0 Å². The summed E-state index contributed by atoms with van der Waals surface area (Å²) in [7, 11) is 0. The van der Waals surface area contributed by atoms with Crippen molar-refractivity contribution in [2.24, 2.45) is 11.3 Å². The molecule has 102 valence electrons. The number of nitrogens with zero attached hydrogens (tertiary/aromatic N) is 2. The molecule has 1 N–H and O–H groups in total. The fraction of sp³-hybridized carbons (Fsp3) is 0.818. The van der Waals surface area contributed by atoms with Crippen LogP contribution in [0, 0.1) is 11.3 Å². The van der Waals surface area contributed by atoms with Gasteiger partial charge in [-0.05, 0) is 30.6 Å². The van der Waals surface area contributed by atoms with Crippen LogP contribution in [0.4, 0.5) is 18.3 Å². The molecule has 1 fully saturated rings. The monoisotopic (exact) mass is 279 g/mol. The maximum atomic E-state index is 12.3. The van der Waals surface area contributed by atoms with E-state index in [1.807, 2.05) is 0 Å². The van der Waals surface area contributed by atoms with E-state index >= 15 is 0 Å². The zero-order valence-corrected chi connectivity index (χ0v) is 11.2. The van der Waals surface area contributed by atoms with Crippen molar-refractivity contribution < 1.29 is 13.2 Å². The Hall–Kier alpha value is -0.850. The molecule has 0 bridgehead atoms. The van der Waals surface area contributed by atoms with Gasteiger partial charge in [0.1, 0.15) is 0 Å². The lowest BCUT2D eigenvalue weighted by molar-refractivity contribution is -0.138. The molecule has 1 aromatic rings. The molecule has 1 heterocycles. The number of rotatable bonds is 5. The Morgan fingerprint density at radius 3 is 2.44 bits per heavy atom. The molecule has 1 aliphatic carbocycles. The standard InChI is InChI=1S/C11H16F3N3S/c1-7(2)5-10(3-4-10)6-15-9-17-16-8(18-9)11(12,13)14/h7H,3-6H2,1-2H3,(H,15,17). The molecule has 0 radical (unpaired) electrons. The van der Waals surface area contributed by atoms with Crippen LogP contribution in [0.5, 0.6) is 0 Å². The van der Waals surface area contributed by atoms with Gasteiger partial charge in [-0.25, -0.2) is 0 Å². The highest BCUT2D eigenvalue weighted by atomic mass is 32.1. The summed E-state index contributed by atoms with van der Waals surface area (Å²) in [6.45, 7) is 5.01. The highest BCUT2D eigenvalue weighted by Crippen LogP contribution is 2.50. The minimum absolute atomic E-state index is 0.261. The second-order valence-corrected chi connectivity index (χ2v) is 6.34. The largest absolute Gasteiger partial charge is 0.445 e. The fourth-order valence-corrected chi connectivity index (χ4v) is 2.77. The van der Waals surface area contributed by atoms with Gasteiger partial charge in [0.25, 0.3) is 0 Å². The molecule has 1 aliphatic rings. The highest BCUT2D eigenvalue weighted by Gasteiger charge is 2.43. The number of aromatic nitrogens is 2. The predicted molar refractivity (Wildman–Crippen MR) is 64.5 cm³/mol. The number of hydrogen-bond acceptors (Lipinski definition) is 4. The van der Waals surface area contributed by atoms with Crippen LogP contribution < -0.4 is 5.32 Å². The van der Waals surface area contributed by atoms with Gasteiger partial charge < -0.3 is 5.32 Å². The van der Waals surface area contributed by atoms with Crippen molar-refractivity contribution in [2.75, 3.05) is 11.9 Å². The van der Waals surface area contributed by atoms with Gasteiger partial charge in [0.2, 0.25) is 10.1 Å². The molecule has 1 saturated carbocycles. The van der Waals surface area contributed by atoms with E-state index in [1.54, 1.807) is 0 Å². The molecule has 0 aliphatic heterocycles. The topological polar surface area (TPSA) is 37.8 Å². The minimum Gasteiger partial charge on any atom is -0.360 e. The quantitative estimate of drug-likeness (QED) is 0.891. The van der Waals surface area contributed by atoms with Crippen LogP contribution in [0.25, 0.3) is 0 Å². The molecule has 1 aromatic heterocycles. The molecule has 0 atom stereocenters. The van der Waals surface area contributed by atoms with Gasteiger partial charge in [-0.1, -0.05) is 25.2 Å². The Labute approximate surface area is 108 Å². The Balaban J connectivity index is 1.89. The molecular formula is C11H16F3N3S.